The standard InChI is InChI=1S/C17H26N2O3/c1-4-15(5-2)13(3)19-16(20)11-18-17(21)22-12-14-9-7-6-8-10-14/h6-10,13,15H,4-5,11-12H2,1-3H3,(H,18,21)(H,19,20). The van der Waals surface area contributed by atoms with Gasteiger partial charge < -0.3 is 15.4 Å². The van der Waals surface area contributed by atoms with Crippen LogP contribution in [0.2, 0.25) is 0 Å². The molecule has 1 aromatic carbocycles. The maximum absolute atomic E-state index is 11.8. The van der Waals surface area contributed by atoms with Crippen LogP contribution in [0, 0.1) is 5.92 Å². The molecular formula is C17H26N2O3. The van der Waals surface area contributed by atoms with Crippen LogP contribution in [-0.4, -0.2) is 24.6 Å². The van der Waals surface area contributed by atoms with Crippen LogP contribution in [0.15, 0.2) is 30.3 Å². The average molecular weight is 306 g/mol. The zero-order chi connectivity index (χ0) is 16.4. The van der Waals surface area contributed by atoms with Crippen molar-refractivity contribution in [2.45, 2.75) is 46.3 Å². The molecule has 0 spiro atoms. The van der Waals surface area contributed by atoms with Gasteiger partial charge in [-0.15, -0.1) is 0 Å². The Labute approximate surface area is 132 Å². The average Bonchev–Trinajstić information content (AvgIpc) is 2.53. The number of hydrogen-bond acceptors (Lipinski definition) is 3. The Balaban J connectivity index is 2.24. The highest BCUT2D eigenvalue weighted by molar-refractivity contribution is 5.82. The summed E-state index contributed by atoms with van der Waals surface area (Å²) in [5, 5.41) is 5.36. The molecule has 122 valence electrons. The Kier molecular flexibility index (Phi) is 8.04. The first-order chi connectivity index (χ1) is 10.6. The molecule has 0 saturated carbocycles. The number of hydrogen-bond donors (Lipinski definition) is 2. The molecule has 1 atom stereocenters. The lowest BCUT2D eigenvalue weighted by atomic mass is 9.95. The summed E-state index contributed by atoms with van der Waals surface area (Å²) < 4.78 is 5.04. The Morgan fingerprint density at radius 3 is 2.36 bits per heavy atom. The van der Waals surface area contributed by atoms with Crippen molar-refractivity contribution in [1.82, 2.24) is 10.6 Å². The molecule has 0 radical (unpaired) electrons. The van der Waals surface area contributed by atoms with E-state index in [1.54, 1.807) is 0 Å². The molecule has 1 aromatic rings. The van der Waals surface area contributed by atoms with Gasteiger partial charge in [0.25, 0.3) is 0 Å². The van der Waals surface area contributed by atoms with Gasteiger partial charge in [0.05, 0.1) is 0 Å². The Morgan fingerprint density at radius 1 is 1.14 bits per heavy atom. The highest BCUT2D eigenvalue weighted by atomic mass is 16.5. The number of benzene rings is 1. The zero-order valence-corrected chi connectivity index (χ0v) is 13.6. The zero-order valence-electron chi connectivity index (χ0n) is 13.6. The van der Waals surface area contributed by atoms with Gasteiger partial charge in [-0.25, -0.2) is 4.79 Å². The van der Waals surface area contributed by atoms with Crippen LogP contribution in [0.4, 0.5) is 4.79 Å². The highest BCUT2D eigenvalue weighted by Gasteiger charge is 2.16. The lowest BCUT2D eigenvalue weighted by Gasteiger charge is -2.22. The highest BCUT2D eigenvalue weighted by Crippen LogP contribution is 2.12. The number of ether oxygens (including phenoxy) is 1. The summed E-state index contributed by atoms with van der Waals surface area (Å²) in [6, 6.07) is 9.50. The lowest BCUT2D eigenvalue weighted by molar-refractivity contribution is -0.121. The number of carbonyl (C=O) groups excluding carboxylic acids is 2. The smallest absolute Gasteiger partial charge is 0.407 e. The fraction of sp³-hybridized carbons (Fsp3) is 0.529. The van der Waals surface area contributed by atoms with E-state index in [0.29, 0.717) is 5.92 Å². The minimum atomic E-state index is -0.589. The van der Waals surface area contributed by atoms with Gasteiger partial charge in [-0.2, -0.15) is 0 Å². The molecule has 2 amide bonds. The van der Waals surface area contributed by atoms with Gasteiger partial charge in [0, 0.05) is 6.04 Å². The monoisotopic (exact) mass is 306 g/mol. The molecule has 5 heteroatoms. The summed E-state index contributed by atoms with van der Waals surface area (Å²) in [6.45, 7) is 6.33. The minimum absolute atomic E-state index is 0.0713. The van der Waals surface area contributed by atoms with Gasteiger partial charge in [0.1, 0.15) is 13.2 Å². The van der Waals surface area contributed by atoms with Crippen molar-refractivity contribution in [3.05, 3.63) is 35.9 Å². The molecule has 5 nitrogen and oxygen atoms in total. The van der Waals surface area contributed by atoms with Crippen molar-refractivity contribution in [3.8, 4) is 0 Å². The van der Waals surface area contributed by atoms with E-state index in [9.17, 15) is 9.59 Å². The Bertz CT molecular complexity index is 458. The number of amides is 2. The molecule has 0 fully saturated rings. The fourth-order valence-corrected chi connectivity index (χ4v) is 2.35. The second kappa shape index (κ2) is 9.82. The van der Waals surface area contributed by atoms with E-state index in [0.717, 1.165) is 18.4 Å². The number of nitrogens with one attached hydrogen (secondary N) is 2. The van der Waals surface area contributed by atoms with E-state index in [-0.39, 0.29) is 25.1 Å². The van der Waals surface area contributed by atoms with Crippen molar-refractivity contribution < 1.29 is 14.3 Å². The van der Waals surface area contributed by atoms with Crippen LogP contribution in [0.3, 0.4) is 0 Å². The van der Waals surface area contributed by atoms with Crippen molar-refractivity contribution in [2.75, 3.05) is 6.54 Å². The Hall–Kier alpha value is -2.04. The normalized spacial score (nSPS) is 11.8. The van der Waals surface area contributed by atoms with Crippen molar-refractivity contribution in [2.24, 2.45) is 5.92 Å². The molecule has 1 rings (SSSR count). The van der Waals surface area contributed by atoms with Crippen LogP contribution in [0.5, 0.6) is 0 Å². The van der Waals surface area contributed by atoms with Crippen molar-refractivity contribution in [1.29, 1.82) is 0 Å². The van der Waals surface area contributed by atoms with E-state index in [1.165, 1.54) is 0 Å². The number of alkyl carbamates (subject to hydrolysis) is 1. The van der Waals surface area contributed by atoms with Gasteiger partial charge in [0.2, 0.25) is 5.91 Å². The third-order valence-electron chi connectivity index (χ3n) is 3.75. The topological polar surface area (TPSA) is 67.4 Å². The first-order valence-electron chi connectivity index (χ1n) is 7.80. The summed E-state index contributed by atoms with van der Waals surface area (Å²) in [6.07, 6.45) is 1.45. The van der Waals surface area contributed by atoms with Gasteiger partial charge in [-0.1, -0.05) is 57.0 Å². The quantitative estimate of drug-likeness (QED) is 0.776. The lowest BCUT2D eigenvalue weighted by Crippen LogP contribution is -2.43. The second-order valence-corrected chi connectivity index (χ2v) is 5.35. The van der Waals surface area contributed by atoms with Crippen LogP contribution in [0.1, 0.15) is 39.2 Å². The van der Waals surface area contributed by atoms with Gasteiger partial charge >= 0.3 is 6.09 Å². The molecule has 2 N–H and O–H groups in total. The van der Waals surface area contributed by atoms with E-state index >= 15 is 0 Å². The molecule has 1 unspecified atom stereocenters. The Morgan fingerprint density at radius 2 is 1.77 bits per heavy atom. The molecule has 0 aliphatic rings. The summed E-state index contributed by atoms with van der Waals surface area (Å²) in [4.78, 5) is 23.3. The largest absolute Gasteiger partial charge is 0.445 e. The van der Waals surface area contributed by atoms with Crippen LogP contribution < -0.4 is 10.6 Å². The third kappa shape index (κ3) is 6.61. The molecular weight excluding hydrogens is 280 g/mol. The maximum atomic E-state index is 11.8. The van der Waals surface area contributed by atoms with E-state index in [4.69, 9.17) is 4.74 Å². The van der Waals surface area contributed by atoms with E-state index in [2.05, 4.69) is 24.5 Å². The first-order valence-corrected chi connectivity index (χ1v) is 7.80. The SMILES string of the molecule is CCC(CC)C(C)NC(=O)CNC(=O)OCc1ccccc1. The van der Waals surface area contributed by atoms with Gasteiger partial charge in [-0.05, 0) is 18.4 Å². The van der Waals surface area contributed by atoms with E-state index in [1.807, 2.05) is 37.3 Å². The van der Waals surface area contributed by atoms with Crippen LogP contribution >= 0.6 is 0 Å². The fourth-order valence-electron chi connectivity index (χ4n) is 2.35. The molecule has 0 aliphatic heterocycles. The van der Waals surface area contributed by atoms with Gasteiger partial charge in [0.15, 0.2) is 0 Å². The molecule has 0 bridgehead atoms. The molecule has 0 heterocycles. The van der Waals surface area contributed by atoms with Crippen molar-refractivity contribution >= 4 is 12.0 Å². The number of rotatable bonds is 8. The summed E-state index contributed by atoms with van der Waals surface area (Å²) in [7, 11) is 0. The summed E-state index contributed by atoms with van der Waals surface area (Å²) in [5.74, 6) is 0.255. The van der Waals surface area contributed by atoms with Crippen LogP contribution in [-0.2, 0) is 16.1 Å². The summed E-state index contributed by atoms with van der Waals surface area (Å²) >= 11 is 0. The molecule has 0 aliphatic carbocycles. The predicted molar refractivity (Wildman–Crippen MR) is 86.3 cm³/mol. The second-order valence-electron chi connectivity index (χ2n) is 5.35. The predicted octanol–water partition coefficient (Wildman–Crippen LogP) is 2.85. The first kappa shape index (κ1) is 18.0. The van der Waals surface area contributed by atoms with Crippen LogP contribution in [0.25, 0.3) is 0 Å². The molecule has 0 saturated heterocycles. The maximum Gasteiger partial charge on any atom is 0.407 e. The third-order valence-corrected chi connectivity index (χ3v) is 3.75. The summed E-state index contributed by atoms with van der Waals surface area (Å²) in [5.41, 5.74) is 0.907. The van der Waals surface area contributed by atoms with E-state index < -0.39 is 6.09 Å². The molecule has 22 heavy (non-hydrogen) atoms. The minimum Gasteiger partial charge on any atom is -0.445 e. The van der Waals surface area contributed by atoms with Gasteiger partial charge in [-0.3, -0.25) is 4.79 Å². The molecule has 0 aromatic heterocycles. The van der Waals surface area contributed by atoms with Crippen molar-refractivity contribution in [3.63, 3.8) is 0 Å². The number of carbonyl (C=O) groups is 2.